The Balaban J connectivity index is 1.75. The van der Waals surface area contributed by atoms with Crippen molar-refractivity contribution in [3.8, 4) is 0 Å². The summed E-state index contributed by atoms with van der Waals surface area (Å²) in [6.07, 6.45) is 0.218. The molecule has 0 bridgehead atoms. The van der Waals surface area contributed by atoms with Gasteiger partial charge in [0.25, 0.3) is 0 Å². The molecule has 0 saturated carbocycles. The number of carbonyl (C=O) groups excluding carboxylic acids is 2. The van der Waals surface area contributed by atoms with Crippen molar-refractivity contribution < 1.29 is 9.59 Å². The molecule has 1 atom stereocenters. The maximum atomic E-state index is 12.7. The zero-order valence-electron chi connectivity index (χ0n) is 14.5. The number of hydrogen-bond acceptors (Lipinski definition) is 3. The van der Waals surface area contributed by atoms with Gasteiger partial charge in [-0.15, -0.1) is 0 Å². The van der Waals surface area contributed by atoms with Gasteiger partial charge in [-0.3, -0.25) is 14.6 Å². The SMILES string of the molecule is Cc1cc(C)c(NC(=O)C2CC(=O)N(c3cccc(Br)c3)C2)c(C)n1. The first-order valence-corrected chi connectivity index (χ1v) is 8.96. The number of aryl methyl sites for hydroxylation is 3. The van der Waals surface area contributed by atoms with E-state index in [1.807, 2.05) is 51.1 Å². The van der Waals surface area contributed by atoms with E-state index in [9.17, 15) is 9.59 Å². The summed E-state index contributed by atoms with van der Waals surface area (Å²) in [6.45, 7) is 6.14. The molecule has 3 rings (SSSR count). The molecule has 2 heterocycles. The topological polar surface area (TPSA) is 62.3 Å². The summed E-state index contributed by atoms with van der Waals surface area (Å²) in [7, 11) is 0. The number of nitrogens with one attached hydrogen (secondary N) is 1. The molecule has 1 unspecified atom stereocenters. The summed E-state index contributed by atoms with van der Waals surface area (Å²) in [5.74, 6) is -0.539. The van der Waals surface area contributed by atoms with Gasteiger partial charge in [0.2, 0.25) is 11.8 Å². The first-order valence-electron chi connectivity index (χ1n) is 8.17. The van der Waals surface area contributed by atoms with Crippen LogP contribution in [0.15, 0.2) is 34.8 Å². The molecule has 130 valence electrons. The zero-order valence-corrected chi connectivity index (χ0v) is 16.1. The molecule has 25 heavy (non-hydrogen) atoms. The lowest BCUT2D eigenvalue weighted by molar-refractivity contribution is -0.122. The molecule has 0 spiro atoms. The van der Waals surface area contributed by atoms with Crippen LogP contribution in [0.4, 0.5) is 11.4 Å². The van der Waals surface area contributed by atoms with Gasteiger partial charge in [0.15, 0.2) is 0 Å². The Labute approximate surface area is 155 Å². The molecule has 5 nitrogen and oxygen atoms in total. The van der Waals surface area contributed by atoms with Gasteiger partial charge < -0.3 is 10.2 Å². The van der Waals surface area contributed by atoms with Crippen molar-refractivity contribution in [2.24, 2.45) is 5.92 Å². The van der Waals surface area contributed by atoms with Crippen molar-refractivity contribution in [2.45, 2.75) is 27.2 Å². The summed E-state index contributed by atoms with van der Waals surface area (Å²) in [6, 6.07) is 9.49. The third-order valence-corrected chi connectivity index (χ3v) is 4.88. The Hall–Kier alpha value is -2.21. The summed E-state index contributed by atoms with van der Waals surface area (Å²) in [5.41, 5.74) is 4.23. The monoisotopic (exact) mass is 401 g/mol. The molecule has 1 fully saturated rings. The second-order valence-corrected chi connectivity index (χ2v) is 7.33. The molecule has 0 radical (unpaired) electrons. The number of hydrogen-bond donors (Lipinski definition) is 1. The van der Waals surface area contributed by atoms with Crippen LogP contribution >= 0.6 is 15.9 Å². The lowest BCUT2D eigenvalue weighted by atomic mass is 10.1. The Bertz CT molecular complexity index is 827. The Morgan fingerprint density at radius 2 is 2.04 bits per heavy atom. The molecule has 2 amide bonds. The van der Waals surface area contributed by atoms with E-state index in [4.69, 9.17) is 0 Å². The number of rotatable bonds is 3. The van der Waals surface area contributed by atoms with Crippen LogP contribution in [0.5, 0.6) is 0 Å². The standard InChI is InChI=1S/C19H20BrN3O2/c1-11-7-12(2)21-13(3)18(11)22-19(25)14-8-17(24)23(10-14)16-6-4-5-15(20)9-16/h4-7,9,14H,8,10H2,1-3H3,(H,22,25). The van der Waals surface area contributed by atoms with Gasteiger partial charge in [-0.05, 0) is 50.6 Å². The molecular formula is C19H20BrN3O2. The van der Waals surface area contributed by atoms with Crippen LogP contribution in [-0.2, 0) is 9.59 Å². The van der Waals surface area contributed by atoms with Crippen LogP contribution in [0, 0.1) is 26.7 Å². The lowest BCUT2D eigenvalue weighted by Gasteiger charge is -2.18. The first kappa shape index (κ1) is 17.6. The minimum Gasteiger partial charge on any atom is -0.324 e. The second-order valence-electron chi connectivity index (χ2n) is 6.42. The number of benzene rings is 1. The van der Waals surface area contributed by atoms with E-state index in [2.05, 4.69) is 26.2 Å². The van der Waals surface area contributed by atoms with Crippen molar-refractivity contribution in [3.05, 3.63) is 51.8 Å². The van der Waals surface area contributed by atoms with Crippen LogP contribution < -0.4 is 10.2 Å². The predicted molar refractivity (Wildman–Crippen MR) is 102 cm³/mol. The Kier molecular flexibility index (Phi) is 4.90. The molecule has 1 aliphatic rings. The minimum atomic E-state index is -0.369. The van der Waals surface area contributed by atoms with E-state index in [0.29, 0.717) is 6.54 Å². The number of anilines is 2. The molecule has 1 saturated heterocycles. The van der Waals surface area contributed by atoms with Gasteiger partial charge in [0, 0.05) is 28.8 Å². The maximum Gasteiger partial charge on any atom is 0.229 e. The largest absolute Gasteiger partial charge is 0.324 e. The van der Waals surface area contributed by atoms with Crippen LogP contribution in [-0.4, -0.2) is 23.3 Å². The third-order valence-electron chi connectivity index (χ3n) is 4.39. The molecule has 1 aromatic heterocycles. The van der Waals surface area contributed by atoms with Gasteiger partial charge in [-0.1, -0.05) is 22.0 Å². The maximum absolute atomic E-state index is 12.7. The number of halogens is 1. The molecule has 6 heteroatoms. The van der Waals surface area contributed by atoms with Crippen LogP contribution in [0.1, 0.15) is 23.4 Å². The van der Waals surface area contributed by atoms with Crippen molar-refractivity contribution in [2.75, 3.05) is 16.8 Å². The number of carbonyl (C=O) groups is 2. The average molecular weight is 402 g/mol. The predicted octanol–water partition coefficient (Wildman–Crippen LogP) is 3.76. The van der Waals surface area contributed by atoms with Crippen molar-refractivity contribution in [3.63, 3.8) is 0 Å². The fourth-order valence-corrected chi connectivity index (χ4v) is 3.60. The van der Waals surface area contributed by atoms with E-state index < -0.39 is 0 Å². The van der Waals surface area contributed by atoms with E-state index in [1.165, 1.54) is 0 Å². The van der Waals surface area contributed by atoms with Crippen molar-refractivity contribution in [1.29, 1.82) is 0 Å². The molecule has 1 aromatic carbocycles. The summed E-state index contributed by atoms with van der Waals surface area (Å²) in [4.78, 5) is 31.1. The normalized spacial score (nSPS) is 17.0. The van der Waals surface area contributed by atoms with Gasteiger partial charge in [0.1, 0.15) is 0 Å². The highest BCUT2D eigenvalue weighted by molar-refractivity contribution is 9.10. The Morgan fingerprint density at radius 1 is 1.28 bits per heavy atom. The van der Waals surface area contributed by atoms with E-state index in [0.717, 1.165) is 32.8 Å². The fourth-order valence-electron chi connectivity index (χ4n) is 3.21. The van der Waals surface area contributed by atoms with Crippen molar-refractivity contribution in [1.82, 2.24) is 4.98 Å². The molecule has 1 N–H and O–H groups in total. The van der Waals surface area contributed by atoms with Gasteiger partial charge in [0.05, 0.1) is 17.3 Å². The fraction of sp³-hybridized carbons (Fsp3) is 0.316. The third kappa shape index (κ3) is 3.74. The smallest absolute Gasteiger partial charge is 0.229 e. The number of nitrogens with zero attached hydrogens (tertiary/aromatic N) is 2. The zero-order chi connectivity index (χ0) is 18.1. The summed E-state index contributed by atoms with van der Waals surface area (Å²) in [5, 5.41) is 2.96. The lowest BCUT2D eigenvalue weighted by Crippen LogP contribution is -2.28. The quantitative estimate of drug-likeness (QED) is 0.851. The van der Waals surface area contributed by atoms with Crippen molar-refractivity contribution >= 4 is 39.1 Å². The minimum absolute atomic E-state index is 0.0336. The van der Waals surface area contributed by atoms with E-state index in [1.54, 1.807) is 4.90 Å². The van der Waals surface area contributed by atoms with Gasteiger partial charge in [-0.25, -0.2) is 0 Å². The van der Waals surface area contributed by atoms with Crippen LogP contribution in [0.2, 0.25) is 0 Å². The Morgan fingerprint density at radius 3 is 2.72 bits per heavy atom. The molecule has 1 aliphatic heterocycles. The van der Waals surface area contributed by atoms with Crippen LogP contribution in [0.3, 0.4) is 0 Å². The van der Waals surface area contributed by atoms with E-state index >= 15 is 0 Å². The summed E-state index contributed by atoms with van der Waals surface area (Å²) >= 11 is 3.41. The average Bonchev–Trinajstić information content (AvgIpc) is 2.92. The number of pyridine rings is 1. The highest BCUT2D eigenvalue weighted by atomic mass is 79.9. The molecular weight excluding hydrogens is 382 g/mol. The van der Waals surface area contributed by atoms with Gasteiger partial charge in [-0.2, -0.15) is 0 Å². The summed E-state index contributed by atoms with van der Waals surface area (Å²) < 4.78 is 0.905. The highest BCUT2D eigenvalue weighted by Crippen LogP contribution is 2.28. The van der Waals surface area contributed by atoms with Crippen LogP contribution in [0.25, 0.3) is 0 Å². The molecule has 0 aliphatic carbocycles. The highest BCUT2D eigenvalue weighted by Gasteiger charge is 2.35. The van der Waals surface area contributed by atoms with Gasteiger partial charge >= 0.3 is 0 Å². The van der Waals surface area contributed by atoms with E-state index in [-0.39, 0.29) is 24.2 Å². The second kappa shape index (κ2) is 6.96. The first-order chi connectivity index (χ1) is 11.8. The molecule has 2 aromatic rings. The number of aromatic nitrogens is 1. The number of amides is 2.